The average Bonchev–Trinajstić information content (AvgIpc) is 3.17. The van der Waals surface area contributed by atoms with Gasteiger partial charge in [0.25, 0.3) is 11.8 Å². The monoisotopic (exact) mass is 376 g/mol. The van der Waals surface area contributed by atoms with Gasteiger partial charge in [0.2, 0.25) is 0 Å². The first-order chi connectivity index (χ1) is 11.9. The maximum Gasteiger partial charge on any atom is 0.326 e. The van der Waals surface area contributed by atoms with Gasteiger partial charge in [-0.05, 0) is 36.6 Å². The number of nitrogens with zero attached hydrogens (tertiary/aromatic N) is 2. The summed E-state index contributed by atoms with van der Waals surface area (Å²) < 4.78 is 0.511. The number of carbonyl (C=O) groups is 3. The van der Waals surface area contributed by atoms with Gasteiger partial charge in [-0.25, -0.2) is 4.79 Å². The summed E-state index contributed by atoms with van der Waals surface area (Å²) in [5.41, 5.74) is 1.22. The molecule has 6 nitrogen and oxygen atoms in total. The first-order valence-electron chi connectivity index (χ1n) is 7.74. The summed E-state index contributed by atoms with van der Waals surface area (Å²) in [6.07, 6.45) is 2.91. The van der Waals surface area contributed by atoms with Crippen LogP contribution in [0.3, 0.4) is 0 Å². The number of thioether (sulfide) groups is 1. The quantitative estimate of drug-likeness (QED) is 0.644. The number of aliphatic carboxylic acids is 1. The van der Waals surface area contributed by atoms with Crippen LogP contribution < -0.4 is 0 Å². The highest BCUT2D eigenvalue weighted by atomic mass is 32.2. The molecule has 0 unspecified atom stereocenters. The van der Waals surface area contributed by atoms with Crippen molar-refractivity contribution >= 4 is 52.2 Å². The molecule has 130 valence electrons. The van der Waals surface area contributed by atoms with Crippen molar-refractivity contribution < 1.29 is 19.5 Å². The molecular formula is C17H16N2O4S2. The number of carbonyl (C=O) groups excluding carboxylic acids is 2. The Bertz CT molecular complexity index is 788. The molecule has 2 heterocycles. The van der Waals surface area contributed by atoms with E-state index in [1.54, 1.807) is 37.4 Å². The van der Waals surface area contributed by atoms with Crippen molar-refractivity contribution in [2.45, 2.75) is 18.9 Å². The molecule has 0 aromatic heterocycles. The Hall–Kier alpha value is -2.19. The van der Waals surface area contributed by atoms with Crippen LogP contribution >= 0.6 is 24.0 Å². The van der Waals surface area contributed by atoms with E-state index in [4.69, 9.17) is 12.2 Å². The van der Waals surface area contributed by atoms with E-state index in [-0.39, 0.29) is 11.8 Å². The molecule has 25 heavy (non-hydrogen) atoms. The number of hydrogen-bond acceptors (Lipinski definition) is 5. The molecule has 2 saturated heterocycles. The van der Waals surface area contributed by atoms with Gasteiger partial charge < -0.3 is 10.0 Å². The first kappa shape index (κ1) is 17.6. The molecule has 2 amide bonds. The molecule has 0 saturated carbocycles. The molecule has 8 heteroatoms. The second-order valence-electron chi connectivity index (χ2n) is 5.86. The van der Waals surface area contributed by atoms with Crippen molar-refractivity contribution in [3.8, 4) is 0 Å². The minimum atomic E-state index is -0.968. The lowest BCUT2D eigenvalue weighted by Crippen LogP contribution is -2.40. The lowest BCUT2D eigenvalue weighted by atomic mass is 10.1. The third-order valence-electron chi connectivity index (χ3n) is 4.24. The van der Waals surface area contributed by atoms with E-state index in [0.29, 0.717) is 34.2 Å². The number of rotatable bonds is 3. The van der Waals surface area contributed by atoms with E-state index < -0.39 is 12.0 Å². The zero-order chi connectivity index (χ0) is 18.1. The van der Waals surface area contributed by atoms with E-state index >= 15 is 0 Å². The zero-order valence-electron chi connectivity index (χ0n) is 13.5. The van der Waals surface area contributed by atoms with E-state index in [9.17, 15) is 19.5 Å². The molecule has 2 fully saturated rings. The summed E-state index contributed by atoms with van der Waals surface area (Å²) in [6, 6.07) is 6.03. The van der Waals surface area contributed by atoms with E-state index in [0.717, 1.165) is 5.56 Å². The van der Waals surface area contributed by atoms with Gasteiger partial charge in [0.1, 0.15) is 10.4 Å². The molecular weight excluding hydrogens is 360 g/mol. The van der Waals surface area contributed by atoms with Crippen LogP contribution in [0.2, 0.25) is 0 Å². The molecule has 0 aliphatic carbocycles. The summed E-state index contributed by atoms with van der Waals surface area (Å²) in [4.78, 5) is 39.1. The fourth-order valence-corrected chi connectivity index (χ4v) is 4.03. The minimum Gasteiger partial charge on any atom is -0.480 e. The zero-order valence-corrected chi connectivity index (χ0v) is 15.1. The van der Waals surface area contributed by atoms with E-state index in [2.05, 4.69) is 0 Å². The smallest absolute Gasteiger partial charge is 0.326 e. The Labute approximate surface area is 154 Å². The largest absolute Gasteiger partial charge is 0.480 e. The fourth-order valence-electron chi connectivity index (χ4n) is 2.85. The van der Waals surface area contributed by atoms with Crippen LogP contribution in [0.5, 0.6) is 0 Å². The molecule has 0 bridgehead atoms. The Morgan fingerprint density at radius 1 is 1.32 bits per heavy atom. The second kappa shape index (κ2) is 6.97. The van der Waals surface area contributed by atoms with E-state index in [1.165, 1.54) is 21.6 Å². The Kier molecular flexibility index (Phi) is 4.91. The lowest BCUT2D eigenvalue weighted by Gasteiger charge is -2.21. The van der Waals surface area contributed by atoms with Gasteiger partial charge in [-0.15, -0.1) is 0 Å². The summed E-state index contributed by atoms with van der Waals surface area (Å²) in [6.45, 7) is 0.455. The van der Waals surface area contributed by atoms with Crippen molar-refractivity contribution in [2.75, 3.05) is 13.6 Å². The predicted molar refractivity (Wildman–Crippen MR) is 99.1 cm³/mol. The molecule has 1 aromatic carbocycles. The average molecular weight is 376 g/mol. The van der Waals surface area contributed by atoms with E-state index in [1.807, 2.05) is 0 Å². The Balaban J connectivity index is 1.77. The molecule has 3 rings (SSSR count). The van der Waals surface area contributed by atoms with Gasteiger partial charge in [-0.2, -0.15) is 0 Å². The van der Waals surface area contributed by atoms with Gasteiger partial charge in [0.05, 0.1) is 4.91 Å². The number of carboxylic acid groups (broad SMARTS) is 1. The van der Waals surface area contributed by atoms with Crippen molar-refractivity contribution in [2.24, 2.45) is 0 Å². The Morgan fingerprint density at radius 2 is 2.00 bits per heavy atom. The van der Waals surface area contributed by atoms with Crippen LogP contribution in [0.25, 0.3) is 6.08 Å². The van der Waals surface area contributed by atoms with Crippen LogP contribution in [0, 0.1) is 0 Å². The number of thiocarbonyl (C=S) groups is 1. The van der Waals surface area contributed by atoms with Gasteiger partial charge in [-0.3, -0.25) is 14.5 Å². The maximum atomic E-state index is 12.5. The normalized spacial score (nSPS) is 22.1. The van der Waals surface area contributed by atoms with Gasteiger partial charge in [0, 0.05) is 19.2 Å². The minimum absolute atomic E-state index is 0.142. The second-order valence-corrected chi connectivity index (χ2v) is 7.53. The SMILES string of the molecule is CN1C(=O)/C(=C\c2ccc(C(=O)N3CCC[C@H]3C(=O)O)cc2)SC1=S. The molecule has 2 aliphatic rings. The van der Waals surface area contributed by atoms with Crippen molar-refractivity contribution in [3.05, 3.63) is 40.3 Å². The number of likely N-dealkylation sites (tertiary alicyclic amines) is 1. The highest BCUT2D eigenvalue weighted by molar-refractivity contribution is 8.26. The van der Waals surface area contributed by atoms with Gasteiger partial charge in [0.15, 0.2) is 0 Å². The van der Waals surface area contributed by atoms with Gasteiger partial charge in [-0.1, -0.05) is 36.1 Å². The third-order valence-corrected chi connectivity index (χ3v) is 5.73. The maximum absolute atomic E-state index is 12.5. The molecule has 2 aliphatic heterocycles. The number of amides is 2. The standard InChI is InChI=1S/C17H16N2O4S2/c1-18-15(21)13(25-17(18)24)9-10-4-6-11(7-5-10)14(20)19-8-2-3-12(19)16(22)23/h4-7,9,12H,2-3,8H2,1H3,(H,22,23)/b13-9+/t12-/m0/s1. The molecule has 1 aromatic rings. The summed E-state index contributed by atoms with van der Waals surface area (Å²) in [7, 11) is 1.63. The van der Waals surface area contributed by atoms with Crippen molar-refractivity contribution in [1.82, 2.24) is 9.80 Å². The molecule has 1 atom stereocenters. The number of carboxylic acids is 1. The van der Waals surface area contributed by atoms with Crippen LogP contribution in [-0.4, -0.2) is 56.6 Å². The van der Waals surface area contributed by atoms with Crippen molar-refractivity contribution in [1.29, 1.82) is 0 Å². The highest BCUT2D eigenvalue weighted by Gasteiger charge is 2.34. The molecule has 1 N–H and O–H groups in total. The van der Waals surface area contributed by atoms with Gasteiger partial charge >= 0.3 is 5.97 Å². The summed E-state index contributed by atoms with van der Waals surface area (Å²) in [5.74, 6) is -1.39. The van der Waals surface area contributed by atoms with Crippen LogP contribution in [0.1, 0.15) is 28.8 Å². The number of hydrogen-bond donors (Lipinski definition) is 1. The highest BCUT2D eigenvalue weighted by Crippen LogP contribution is 2.31. The van der Waals surface area contributed by atoms with Crippen LogP contribution in [0.15, 0.2) is 29.2 Å². The van der Waals surface area contributed by atoms with Crippen LogP contribution in [-0.2, 0) is 9.59 Å². The van der Waals surface area contributed by atoms with Crippen LogP contribution in [0.4, 0.5) is 0 Å². The molecule has 0 radical (unpaired) electrons. The first-order valence-corrected chi connectivity index (χ1v) is 8.96. The van der Waals surface area contributed by atoms with Crippen molar-refractivity contribution in [3.63, 3.8) is 0 Å². The summed E-state index contributed by atoms with van der Waals surface area (Å²) in [5, 5.41) is 9.20. The fraction of sp³-hybridized carbons (Fsp3) is 0.294. The topological polar surface area (TPSA) is 77.9 Å². The number of likely N-dealkylation sites (N-methyl/N-ethyl adjacent to an activating group) is 1. The third kappa shape index (κ3) is 3.45. The molecule has 0 spiro atoms. The Morgan fingerprint density at radius 3 is 2.56 bits per heavy atom. The lowest BCUT2D eigenvalue weighted by molar-refractivity contribution is -0.141. The summed E-state index contributed by atoms with van der Waals surface area (Å²) >= 11 is 6.33. The predicted octanol–water partition coefficient (Wildman–Crippen LogP) is 2.21. The number of benzene rings is 1.